The Bertz CT molecular complexity index is 2290. The standard InChI is InChI=1S/C51H62N4O9/c1-62-46-8-5-30(20-39(49(56)57)33-11-15-52-26-33)18-36(46)24-42-38(44-29-64-48-10-7-32(23-43(44)48)22-41(51(60)61)35-13-17-54-28-35)4-3-14-55-45(42)25-37-19-31(6-9-47(37)63-2)21-40(50(58)59)34-12-16-53-27-34/h3-10,14,18-19,23,33-35,39-41,44,52-55H,11-13,15-17,20-22,24-29H2,1-2H3,(H,56,57)(H,58,59)(H,60,61)/t33-,34-,35-,39-,40-,41-,44-/m0/s1. The van der Waals surface area contributed by atoms with E-state index in [2.05, 4.69) is 45.5 Å². The van der Waals surface area contributed by atoms with Crippen LogP contribution >= 0.6 is 0 Å². The highest BCUT2D eigenvalue weighted by Gasteiger charge is 2.36. The zero-order valence-electron chi connectivity index (χ0n) is 36.9. The number of fused-ring (bicyclic) bond motifs is 1. The van der Waals surface area contributed by atoms with Gasteiger partial charge in [0.2, 0.25) is 0 Å². The maximum atomic E-state index is 12.6. The summed E-state index contributed by atoms with van der Waals surface area (Å²) in [4.78, 5) is 37.7. The summed E-state index contributed by atoms with van der Waals surface area (Å²) in [7, 11) is 3.30. The van der Waals surface area contributed by atoms with Gasteiger partial charge < -0.3 is 50.8 Å². The predicted octanol–water partition coefficient (Wildman–Crippen LogP) is 5.52. The molecule has 8 rings (SSSR count). The monoisotopic (exact) mass is 874 g/mol. The minimum absolute atomic E-state index is 0.0447. The van der Waals surface area contributed by atoms with Gasteiger partial charge in [-0.05, 0) is 153 Å². The molecule has 64 heavy (non-hydrogen) atoms. The van der Waals surface area contributed by atoms with E-state index in [9.17, 15) is 29.7 Å². The van der Waals surface area contributed by atoms with Gasteiger partial charge in [0, 0.05) is 41.8 Å². The van der Waals surface area contributed by atoms with Gasteiger partial charge in [-0.3, -0.25) is 14.4 Å². The molecule has 3 saturated heterocycles. The first kappa shape index (κ1) is 45.0. The van der Waals surface area contributed by atoms with Crippen LogP contribution in [0.15, 0.2) is 89.8 Å². The lowest BCUT2D eigenvalue weighted by atomic mass is 9.81. The Labute approximate surface area is 375 Å². The fourth-order valence-corrected chi connectivity index (χ4v) is 10.8. The van der Waals surface area contributed by atoms with Gasteiger partial charge in [-0.15, -0.1) is 0 Å². The molecule has 0 saturated carbocycles. The molecule has 7 N–H and O–H groups in total. The van der Waals surface area contributed by atoms with E-state index in [4.69, 9.17) is 14.2 Å². The van der Waals surface area contributed by atoms with Crippen molar-refractivity contribution in [1.29, 1.82) is 0 Å². The van der Waals surface area contributed by atoms with Gasteiger partial charge in [-0.25, -0.2) is 0 Å². The third-order valence-corrected chi connectivity index (χ3v) is 14.3. The number of carbonyl (C=O) groups is 3. The van der Waals surface area contributed by atoms with Gasteiger partial charge in [0.1, 0.15) is 17.2 Å². The molecule has 7 atom stereocenters. The summed E-state index contributed by atoms with van der Waals surface area (Å²) in [6.45, 7) is 4.92. The summed E-state index contributed by atoms with van der Waals surface area (Å²) in [5.41, 5.74) is 8.58. The van der Waals surface area contributed by atoms with E-state index in [1.54, 1.807) is 14.2 Å². The maximum Gasteiger partial charge on any atom is 0.307 e. The van der Waals surface area contributed by atoms with Crippen molar-refractivity contribution in [3.63, 3.8) is 0 Å². The fourth-order valence-electron chi connectivity index (χ4n) is 10.8. The minimum atomic E-state index is -0.792. The van der Waals surface area contributed by atoms with Crippen molar-refractivity contribution in [2.75, 3.05) is 60.1 Å². The van der Waals surface area contributed by atoms with Crippen LogP contribution in [-0.2, 0) is 46.5 Å². The highest BCUT2D eigenvalue weighted by atomic mass is 16.5. The Morgan fingerprint density at radius 1 is 0.672 bits per heavy atom. The molecule has 0 radical (unpaired) electrons. The largest absolute Gasteiger partial charge is 0.496 e. The van der Waals surface area contributed by atoms with Gasteiger partial charge in [-0.1, -0.05) is 42.5 Å². The van der Waals surface area contributed by atoms with Gasteiger partial charge in [0.25, 0.3) is 0 Å². The first-order valence-corrected chi connectivity index (χ1v) is 22.8. The zero-order valence-corrected chi connectivity index (χ0v) is 36.9. The van der Waals surface area contributed by atoms with Gasteiger partial charge in [0.05, 0.1) is 38.6 Å². The summed E-state index contributed by atoms with van der Waals surface area (Å²) >= 11 is 0. The average Bonchev–Trinajstić information content (AvgIpc) is 4.14. The summed E-state index contributed by atoms with van der Waals surface area (Å²) in [5.74, 6) is -1.78. The van der Waals surface area contributed by atoms with Crippen LogP contribution in [0.1, 0.15) is 58.6 Å². The normalized spacial score (nSPS) is 23.1. The third-order valence-electron chi connectivity index (χ3n) is 14.3. The number of rotatable bonds is 19. The molecular formula is C51H62N4O9. The number of benzene rings is 3. The SMILES string of the molecule is COc1ccc(C[C@H](C(=O)O)[C@H]2CCNC2)cc1CC1=C(Cc2cc(C[C@H](C(=O)O)[C@H]3CCNC3)ccc2OC)C([C@@H]2COc3ccc(C[C@H](C(=O)O)[C@H]4CCNC4)cc32)=CC=CN1. The fraction of sp³-hybridized carbons (Fsp3) is 0.471. The smallest absolute Gasteiger partial charge is 0.307 e. The van der Waals surface area contributed by atoms with Crippen LogP contribution < -0.4 is 35.5 Å². The first-order valence-electron chi connectivity index (χ1n) is 22.8. The Balaban J connectivity index is 1.19. The molecule has 13 nitrogen and oxygen atoms in total. The second kappa shape index (κ2) is 20.5. The lowest BCUT2D eigenvalue weighted by molar-refractivity contribution is -0.144. The Morgan fingerprint density at radius 3 is 1.62 bits per heavy atom. The first-order chi connectivity index (χ1) is 31.1. The van der Waals surface area contributed by atoms with Crippen LogP contribution in [-0.4, -0.2) is 93.3 Å². The molecule has 5 heterocycles. The molecule has 13 heteroatoms. The maximum absolute atomic E-state index is 12.6. The lowest BCUT2D eigenvalue weighted by Gasteiger charge is -2.24. The molecule has 5 aliphatic heterocycles. The van der Waals surface area contributed by atoms with E-state index in [0.29, 0.717) is 69.8 Å². The molecule has 0 aliphatic carbocycles. The van der Waals surface area contributed by atoms with Gasteiger partial charge in [0.15, 0.2) is 0 Å². The molecule has 0 aromatic heterocycles. The summed E-state index contributed by atoms with van der Waals surface area (Å²) in [5, 5.41) is 44.5. The van der Waals surface area contributed by atoms with Gasteiger partial charge in [-0.2, -0.15) is 0 Å². The van der Waals surface area contributed by atoms with Crippen molar-refractivity contribution in [3.05, 3.63) is 123 Å². The number of methoxy groups -OCH3 is 2. The molecule has 0 unspecified atom stereocenters. The highest BCUT2D eigenvalue weighted by molar-refractivity contribution is 5.72. The Kier molecular flexibility index (Phi) is 14.4. The van der Waals surface area contributed by atoms with Crippen LogP contribution in [0.4, 0.5) is 0 Å². The van der Waals surface area contributed by atoms with Crippen molar-refractivity contribution in [2.45, 2.75) is 57.3 Å². The molecule has 5 aliphatic rings. The number of carboxylic acid groups (broad SMARTS) is 3. The van der Waals surface area contributed by atoms with Crippen LogP contribution in [0.5, 0.6) is 17.2 Å². The van der Waals surface area contributed by atoms with E-state index in [0.717, 1.165) is 94.9 Å². The van der Waals surface area contributed by atoms with Crippen molar-refractivity contribution < 1.29 is 43.9 Å². The summed E-state index contributed by atoms with van der Waals surface area (Å²) in [6, 6.07) is 18.1. The molecule has 340 valence electrons. The van der Waals surface area contributed by atoms with Crippen LogP contribution in [0.25, 0.3) is 0 Å². The van der Waals surface area contributed by atoms with Gasteiger partial charge >= 0.3 is 17.9 Å². The number of allylic oxidation sites excluding steroid dienone is 4. The van der Waals surface area contributed by atoms with E-state index in [1.165, 1.54) is 0 Å². The molecule has 0 spiro atoms. The number of hydrogen-bond donors (Lipinski definition) is 7. The molecule has 3 aromatic rings. The minimum Gasteiger partial charge on any atom is -0.496 e. The molecular weight excluding hydrogens is 813 g/mol. The van der Waals surface area contributed by atoms with Crippen molar-refractivity contribution in [1.82, 2.24) is 21.3 Å². The predicted molar refractivity (Wildman–Crippen MR) is 243 cm³/mol. The van der Waals surface area contributed by atoms with Crippen LogP contribution in [0.3, 0.4) is 0 Å². The molecule has 0 bridgehead atoms. The Hall–Kier alpha value is -5.63. The molecule has 3 aromatic carbocycles. The van der Waals surface area contributed by atoms with Crippen LogP contribution in [0.2, 0.25) is 0 Å². The molecule has 0 amide bonds. The van der Waals surface area contributed by atoms with E-state index >= 15 is 0 Å². The van der Waals surface area contributed by atoms with Crippen LogP contribution in [0, 0.1) is 35.5 Å². The average molecular weight is 875 g/mol. The highest BCUT2D eigenvalue weighted by Crippen LogP contribution is 2.45. The number of aliphatic carboxylic acids is 3. The zero-order chi connectivity index (χ0) is 44.7. The van der Waals surface area contributed by atoms with E-state index in [1.807, 2.05) is 48.7 Å². The number of nitrogens with one attached hydrogen (secondary N) is 4. The van der Waals surface area contributed by atoms with E-state index < -0.39 is 35.7 Å². The number of carboxylic acids is 3. The second-order valence-corrected chi connectivity index (χ2v) is 18.2. The number of hydrogen-bond acceptors (Lipinski definition) is 10. The lowest BCUT2D eigenvalue weighted by Crippen LogP contribution is -2.27. The quantitative estimate of drug-likeness (QED) is 0.0799. The topological polar surface area (TPSA) is 188 Å². The van der Waals surface area contributed by atoms with Crippen molar-refractivity contribution in [3.8, 4) is 17.2 Å². The summed E-state index contributed by atoms with van der Waals surface area (Å²) in [6.07, 6.45) is 10.6. The molecule has 3 fully saturated rings. The Morgan fingerprint density at radius 2 is 1.16 bits per heavy atom. The second-order valence-electron chi connectivity index (χ2n) is 18.2. The number of ether oxygens (including phenoxy) is 3. The van der Waals surface area contributed by atoms with E-state index in [-0.39, 0.29) is 23.7 Å². The third kappa shape index (κ3) is 10.2. The summed E-state index contributed by atoms with van der Waals surface area (Å²) < 4.78 is 18.4. The van der Waals surface area contributed by atoms with Crippen molar-refractivity contribution >= 4 is 17.9 Å². The van der Waals surface area contributed by atoms with Crippen molar-refractivity contribution in [2.24, 2.45) is 35.5 Å².